The molecular formula is C13H14ClNO4. The molecule has 0 radical (unpaired) electrons. The Bertz CT molecular complexity index is 523. The molecule has 0 aromatic heterocycles. The van der Waals surface area contributed by atoms with Crippen molar-refractivity contribution in [2.24, 2.45) is 0 Å². The predicted molar refractivity (Wildman–Crippen MR) is 70.6 cm³/mol. The number of hydrogen-bond acceptors (Lipinski definition) is 3. The highest BCUT2D eigenvalue weighted by molar-refractivity contribution is 6.33. The van der Waals surface area contributed by atoms with Gasteiger partial charge in [0, 0.05) is 12.3 Å². The fourth-order valence-corrected chi connectivity index (χ4v) is 2.25. The fraction of sp³-hybridized carbons (Fsp3) is 0.385. The van der Waals surface area contributed by atoms with E-state index in [-0.39, 0.29) is 16.5 Å². The van der Waals surface area contributed by atoms with E-state index in [2.05, 4.69) is 5.32 Å². The first kappa shape index (κ1) is 13.8. The molecule has 1 fully saturated rings. The summed E-state index contributed by atoms with van der Waals surface area (Å²) in [5.41, 5.74) is -0.363. The van der Waals surface area contributed by atoms with E-state index in [1.807, 2.05) is 0 Å². The summed E-state index contributed by atoms with van der Waals surface area (Å²) in [5.74, 6) is -1.35. The number of aromatic carboxylic acids is 1. The molecule has 0 bridgehead atoms. The molecule has 19 heavy (non-hydrogen) atoms. The molecular weight excluding hydrogens is 270 g/mol. The lowest BCUT2D eigenvalue weighted by molar-refractivity contribution is -0.133. The molecule has 2 N–H and O–H groups in total. The molecule has 0 aliphatic carbocycles. The van der Waals surface area contributed by atoms with Crippen LogP contribution in [0.4, 0.5) is 5.69 Å². The number of carbonyl (C=O) groups excluding carboxylic acids is 1. The van der Waals surface area contributed by atoms with Gasteiger partial charge < -0.3 is 15.2 Å². The lowest BCUT2D eigenvalue weighted by Gasteiger charge is -2.22. The van der Waals surface area contributed by atoms with Gasteiger partial charge in [0.25, 0.3) is 5.91 Å². The molecule has 102 valence electrons. The molecule has 1 amide bonds. The van der Waals surface area contributed by atoms with Gasteiger partial charge >= 0.3 is 5.97 Å². The Morgan fingerprint density at radius 1 is 1.47 bits per heavy atom. The molecule has 6 heteroatoms. The van der Waals surface area contributed by atoms with Crippen molar-refractivity contribution in [2.45, 2.75) is 25.4 Å². The van der Waals surface area contributed by atoms with Crippen molar-refractivity contribution >= 4 is 29.2 Å². The minimum atomic E-state index is -1.10. The van der Waals surface area contributed by atoms with E-state index >= 15 is 0 Å². The Morgan fingerprint density at radius 2 is 2.21 bits per heavy atom. The number of rotatable bonds is 3. The average Bonchev–Trinajstić information content (AvgIpc) is 2.77. The van der Waals surface area contributed by atoms with Crippen LogP contribution in [0.25, 0.3) is 0 Å². The zero-order valence-corrected chi connectivity index (χ0v) is 11.2. The summed E-state index contributed by atoms with van der Waals surface area (Å²) >= 11 is 5.84. The predicted octanol–water partition coefficient (Wildman–Crippen LogP) is 2.55. The normalized spacial score (nSPS) is 22.2. The minimum Gasteiger partial charge on any atom is -0.478 e. The van der Waals surface area contributed by atoms with Crippen LogP contribution >= 0.6 is 11.6 Å². The van der Waals surface area contributed by atoms with Gasteiger partial charge in [-0.1, -0.05) is 11.6 Å². The van der Waals surface area contributed by atoms with E-state index < -0.39 is 11.6 Å². The SMILES string of the molecule is C[C@]1(C(=O)Nc2ccc(C(=O)O)c(Cl)c2)CCCO1. The highest BCUT2D eigenvalue weighted by Gasteiger charge is 2.37. The van der Waals surface area contributed by atoms with E-state index in [0.717, 1.165) is 6.42 Å². The van der Waals surface area contributed by atoms with Crippen LogP contribution in [0.15, 0.2) is 18.2 Å². The molecule has 5 nitrogen and oxygen atoms in total. The van der Waals surface area contributed by atoms with Crippen molar-refractivity contribution in [3.8, 4) is 0 Å². The maximum Gasteiger partial charge on any atom is 0.337 e. The number of hydrogen-bond donors (Lipinski definition) is 2. The molecule has 1 aliphatic heterocycles. The lowest BCUT2D eigenvalue weighted by atomic mass is 10.0. The Morgan fingerprint density at radius 3 is 2.74 bits per heavy atom. The van der Waals surface area contributed by atoms with Crippen LogP contribution < -0.4 is 5.32 Å². The fourth-order valence-electron chi connectivity index (χ4n) is 1.99. The van der Waals surface area contributed by atoms with Crippen LogP contribution in [-0.4, -0.2) is 29.2 Å². The van der Waals surface area contributed by atoms with E-state index in [9.17, 15) is 9.59 Å². The average molecular weight is 284 g/mol. The quantitative estimate of drug-likeness (QED) is 0.894. The number of halogens is 1. The third kappa shape index (κ3) is 2.88. The number of nitrogens with one attached hydrogen (secondary N) is 1. The molecule has 0 spiro atoms. The van der Waals surface area contributed by atoms with Crippen LogP contribution in [0.5, 0.6) is 0 Å². The van der Waals surface area contributed by atoms with Crippen molar-refractivity contribution in [3.05, 3.63) is 28.8 Å². The van der Waals surface area contributed by atoms with Gasteiger partial charge in [0.1, 0.15) is 5.60 Å². The van der Waals surface area contributed by atoms with Gasteiger partial charge in [0.15, 0.2) is 0 Å². The molecule has 1 aromatic carbocycles. The standard InChI is InChI=1S/C13H14ClNO4/c1-13(5-2-6-19-13)12(18)15-8-3-4-9(11(16)17)10(14)7-8/h3-4,7H,2,5-6H2,1H3,(H,15,18)(H,16,17)/t13-/m1/s1. The number of carbonyl (C=O) groups is 2. The van der Waals surface area contributed by atoms with Gasteiger partial charge in [-0.25, -0.2) is 4.79 Å². The van der Waals surface area contributed by atoms with Crippen LogP contribution in [0.3, 0.4) is 0 Å². The van der Waals surface area contributed by atoms with Crippen LogP contribution in [0.1, 0.15) is 30.1 Å². The molecule has 0 saturated carbocycles. The maximum absolute atomic E-state index is 12.1. The third-order valence-electron chi connectivity index (χ3n) is 3.16. The molecule has 1 aliphatic rings. The van der Waals surface area contributed by atoms with E-state index in [1.165, 1.54) is 18.2 Å². The van der Waals surface area contributed by atoms with Gasteiger partial charge in [-0.15, -0.1) is 0 Å². The van der Waals surface area contributed by atoms with Crippen LogP contribution in [-0.2, 0) is 9.53 Å². The maximum atomic E-state index is 12.1. The van der Waals surface area contributed by atoms with Gasteiger partial charge in [-0.3, -0.25) is 4.79 Å². The number of ether oxygens (including phenoxy) is 1. The minimum absolute atomic E-state index is 0.00277. The topological polar surface area (TPSA) is 75.6 Å². The van der Waals surface area contributed by atoms with Gasteiger partial charge in [0.05, 0.1) is 10.6 Å². The van der Waals surface area contributed by atoms with Crippen molar-refractivity contribution in [1.29, 1.82) is 0 Å². The Hall–Kier alpha value is -1.59. The summed E-state index contributed by atoms with van der Waals surface area (Å²) < 4.78 is 5.43. The highest BCUT2D eigenvalue weighted by Crippen LogP contribution is 2.27. The van der Waals surface area contributed by atoms with E-state index in [0.29, 0.717) is 18.7 Å². The summed E-state index contributed by atoms with van der Waals surface area (Å²) in [7, 11) is 0. The van der Waals surface area contributed by atoms with Crippen molar-refractivity contribution in [3.63, 3.8) is 0 Å². The Balaban J connectivity index is 2.13. The number of amides is 1. The molecule has 1 aromatic rings. The summed E-state index contributed by atoms with van der Waals surface area (Å²) in [4.78, 5) is 22.9. The van der Waals surface area contributed by atoms with E-state index in [1.54, 1.807) is 6.92 Å². The van der Waals surface area contributed by atoms with Crippen molar-refractivity contribution in [2.75, 3.05) is 11.9 Å². The molecule has 0 unspecified atom stereocenters. The van der Waals surface area contributed by atoms with Crippen molar-refractivity contribution < 1.29 is 19.4 Å². The monoisotopic (exact) mass is 283 g/mol. The van der Waals surface area contributed by atoms with Crippen LogP contribution in [0, 0.1) is 0 Å². The summed E-state index contributed by atoms with van der Waals surface area (Å²) in [5, 5.41) is 11.6. The first-order valence-electron chi connectivity index (χ1n) is 5.91. The summed E-state index contributed by atoms with van der Waals surface area (Å²) in [6.45, 7) is 2.31. The molecule has 1 saturated heterocycles. The summed E-state index contributed by atoms with van der Waals surface area (Å²) in [6, 6.07) is 4.28. The number of anilines is 1. The second-order valence-corrected chi connectivity index (χ2v) is 5.04. The first-order valence-corrected chi connectivity index (χ1v) is 6.28. The zero-order chi connectivity index (χ0) is 14.0. The Kier molecular flexibility index (Phi) is 3.78. The molecule has 2 rings (SSSR count). The van der Waals surface area contributed by atoms with Crippen LogP contribution in [0.2, 0.25) is 5.02 Å². The second-order valence-electron chi connectivity index (χ2n) is 4.64. The first-order chi connectivity index (χ1) is 8.92. The molecule has 1 atom stereocenters. The van der Waals surface area contributed by atoms with Gasteiger partial charge in [-0.2, -0.15) is 0 Å². The largest absolute Gasteiger partial charge is 0.478 e. The lowest BCUT2D eigenvalue weighted by Crippen LogP contribution is -2.39. The number of carboxylic acids is 1. The number of carboxylic acid groups (broad SMARTS) is 1. The second kappa shape index (κ2) is 5.19. The van der Waals surface area contributed by atoms with Gasteiger partial charge in [-0.05, 0) is 38.0 Å². The molecule has 1 heterocycles. The number of benzene rings is 1. The Labute approximate surface area is 115 Å². The van der Waals surface area contributed by atoms with E-state index in [4.69, 9.17) is 21.4 Å². The van der Waals surface area contributed by atoms with Crippen molar-refractivity contribution in [1.82, 2.24) is 0 Å². The smallest absolute Gasteiger partial charge is 0.337 e. The zero-order valence-electron chi connectivity index (χ0n) is 10.4. The third-order valence-corrected chi connectivity index (χ3v) is 3.47. The van der Waals surface area contributed by atoms with Gasteiger partial charge in [0.2, 0.25) is 0 Å². The summed E-state index contributed by atoms with van der Waals surface area (Å²) in [6.07, 6.45) is 1.52. The highest BCUT2D eigenvalue weighted by atomic mass is 35.5.